The molecule has 4 rings (SSSR count). The Morgan fingerprint density at radius 2 is 2.03 bits per heavy atom. The van der Waals surface area contributed by atoms with Gasteiger partial charge in [-0.25, -0.2) is 15.0 Å². The number of aromatic nitrogens is 3. The van der Waals surface area contributed by atoms with Crippen LogP contribution in [0.25, 0.3) is 10.6 Å². The molecule has 174 valence electrons. The number of aliphatic hydroxyl groups excluding tert-OH is 1. The molecule has 0 aromatic carbocycles. The molecule has 1 saturated carbocycles. The van der Waals surface area contributed by atoms with Gasteiger partial charge in [-0.15, -0.1) is 0 Å². The molecule has 2 aliphatic rings. The highest BCUT2D eigenvalue weighted by Gasteiger charge is 2.22. The minimum Gasteiger partial charge on any atom is -0.393 e. The maximum Gasteiger partial charge on any atom is 0.273 e. The van der Waals surface area contributed by atoms with Crippen molar-refractivity contribution in [2.24, 2.45) is 4.99 Å². The fourth-order valence-electron chi connectivity index (χ4n) is 4.05. The van der Waals surface area contributed by atoms with E-state index in [1.807, 2.05) is 6.20 Å². The number of rotatable bonds is 8. The lowest BCUT2D eigenvalue weighted by Gasteiger charge is -2.31. The van der Waals surface area contributed by atoms with Crippen LogP contribution in [-0.4, -0.2) is 76.5 Å². The van der Waals surface area contributed by atoms with E-state index in [1.54, 1.807) is 11.3 Å². The van der Waals surface area contributed by atoms with Crippen molar-refractivity contribution < 1.29 is 10.1 Å². The normalized spacial score (nSPS) is 20.5. The van der Waals surface area contributed by atoms with Gasteiger partial charge in [-0.2, -0.15) is 4.98 Å². The van der Waals surface area contributed by atoms with Crippen LogP contribution in [0.2, 0.25) is 0 Å². The van der Waals surface area contributed by atoms with Gasteiger partial charge in [0.2, 0.25) is 5.95 Å². The summed E-state index contributed by atoms with van der Waals surface area (Å²) in [6.07, 6.45) is 9.22. The van der Waals surface area contributed by atoms with Crippen LogP contribution in [0.4, 0.5) is 11.8 Å². The molecular weight excluding hydrogens is 422 g/mol. The van der Waals surface area contributed by atoms with E-state index in [0.29, 0.717) is 5.95 Å². The Labute approximate surface area is 194 Å². The van der Waals surface area contributed by atoms with E-state index in [1.165, 1.54) is 4.88 Å². The minimum absolute atomic E-state index is 0.201. The third-order valence-corrected chi connectivity index (χ3v) is 7.25. The molecule has 0 atom stereocenters. The molecule has 2 aromatic heterocycles. The maximum absolute atomic E-state index is 9.84. The molecule has 0 bridgehead atoms. The van der Waals surface area contributed by atoms with Gasteiger partial charge >= 0.3 is 0 Å². The molecule has 2 fully saturated rings. The van der Waals surface area contributed by atoms with Crippen LogP contribution in [0, 0.1) is 0 Å². The number of nitrogens with one attached hydrogen (secondary N) is 2. The number of H-pyrrole nitrogens is 1. The summed E-state index contributed by atoms with van der Waals surface area (Å²) < 4.78 is 0. The summed E-state index contributed by atoms with van der Waals surface area (Å²) in [5.41, 5.74) is 2.06. The largest absolute Gasteiger partial charge is 0.393 e. The molecule has 0 spiro atoms. The van der Waals surface area contributed by atoms with E-state index in [-0.39, 0.29) is 6.10 Å². The second-order valence-corrected chi connectivity index (χ2v) is 10.0. The molecule has 1 aliphatic carbocycles. The summed E-state index contributed by atoms with van der Waals surface area (Å²) >= 11 is 1.76. The molecule has 8 nitrogen and oxygen atoms in total. The number of anilines is 1. The molecule has 2 aromatic rings. The lowest BCUT2D eigenvalue weighted by atomic mass is 9.96. The number of thiazole rings is 1. The van der Waals surface area contributed by atoms with Crippen LogP contribution >= 0.6 is 11.3 Å². The van der Waals surface area contributed by atoms with Gasteiger partial charge < -0.3 is 15.3 Å². The van der Waals surface area contributed by atoms with Crippen molar-refractivity contribution in [2.75, 3.05) is 45.1 Å². The van der Waals surface area contributed by atoms with Crippen LogP contribution in [0.3, 0.4) is 0 Å². The van der Waals surface area contributed by atoms with Gasteiger partial charge in [0.15, 0.2) is 12.0 Å². The number of aliphatic imine (C=N–C) groups is 1. The zero-order valence-corrected chi connectivity index (χ0v) is 20.1. The lowest BCUT2D eigenvalue weighted by molar-refractivity contribution is -0.358. The monoisotopic (exact) mass is 458 g/mol. The van der Waals surface area contributed by atoms with Gasteiger partial charge in [0, 0.05) is 51.2 Å². The van der Waals surface area contributed by atoms with Crippen LogP contribution in [-0.2, 0) is 6.54 Å². The van der Waals surface area contributed by atoms with E-state index in [2.05, 4.69) is 45.3 Å². The highest BCUT2D eigenvalue weighted by molar-refractivity contribution is 7.14. The van der Waals surface area contributed by atoms with Gasteiger partial charge in [-0.05, 0) is 39.2 Å². The molecule has 32 heavy (non-hydrogen) atoms. The number of nitrogens with zero attached hydrogens (tertiary/aromatic N) is 5. The summed E-state index contributed by atoms with van der Waals surface area (Å²) in [6.45, 7) is 8.46. The second kappa shape index (κ2) is 11.3. The summed E-state index contributed by atoms with van der Waals surface area (Å²) in [5, 5.41) is 14.2. The average molecular weight is 459 g/mol. The first-order chi connectivity index (χ1) is 15.6. The first-order valence-corrected chi connectivity index (χ1v) is 12.7. The second-order valence-electron chi connectivity index (χ2n) is 8.89. The van der Waals surface area contributed by atoms with E-state index >= 15 is 0 Å². The Balaban J connectivity index is 1.54. The zero-order chi connectivity index (χ0) is 22.3. The summed E-state index contributed by atoms with van der Waals surface area (Å²) in [6, 6.07) is 0. The Kier molecular flexibility index (Phi) is 8.18. The first-order valence-electron chi connectivity index (χ1n) is 11.9. The van der Waals surface area contributed by atoms with E-state index in [9.17, 15) is 5.11 Å². The molecule has 0 radical (unpaired) electrons. The fraction of sp³-hybridized carbons (Fsp3) is 0.652. The number of likely N-dealkylation sites (N-methyl/N-ethyl adjacent to an activating group) is 1. The zero-order valence-electron chi connectivity index (χ0n) is 19.3. The standard InChI is InChI=1S/C23H35N7OS/c1-3-4-9-24-23-26-15-20(21(28-23)27-17-5-7-18(31)8-6-17)22-25-14-19(32-22)16-30-12-10-29(2)11-13-30/h14-15,18,31H,3-13,16H2,1-2H3,(H,24,26,28)/p+1. The predicted octanol–water partition coefficient (Wildman–Crippen LogP) is 2.99. The van der Waals surface area contributed by atoms with Crippen molar-refractivity contribution >= 4 is 28.8 Å². The highest BCUT2D eigenvalue weighted by atomic mass is 32.1. The number of aromatic amines is 1. The molecule has 1 aliphatic heterocycles. The van der Waals surface area contributed by atoms with Crippen LogP contribution < -0.4 is 10.3 Å². The highest BCUT2D eigenvalue weighted by Crippen LogP contribution is 2.32. The van der Waals surface area contributed by atoms with Crippen molar-refractivity contribution in [2.45, 2.75) is 58.1 Å². The van der Waals surface area contributed by atoms with Crippen LogP contribution in [0.15, 0.2) is 17.4 Å². The topological polar surface area (TPSA) is 91.0 Å². The van der Waals surface area contributed by atoms with Gasteiger partial charge in [0.1, 0.15) is 5.56 Å². The fourth-order valence-corrected chi connectivity index (χ4v) is 5.05. The number of hydrogen-bond donors (Lipinski definition) is 2. The Morgan fingerprint density at radius 1 is 1.25 bits per heavy atom. The minimum atomic E-state index is -0.201. The molecular formula is C23H36N7OS+. The average Bonchev–Trinajstić information content (AvgIpc) is 3.25. The summed E-state index contributed by atoms with van der Waals surface area (Å²) in [5.74, 6) is 1.35. The number of unbranched alkanes of at least 4 members (excludes halogenated alkanes) is 1. The van der Waals surface area contributed by atoms with E-state index in [0.717, 1.165) is 99.9 Å². The van der Waals surface area contributed by atoms with Crippen molar-refractivity contribution in [3.8, 4) is 10.6 Å². The summed E-state index contributed by atoms with van der Waals surface area (Å²) in [7, 11) is 2.19. The Hall–Kier alpha value is -1.94. The van der Waals surface area contributed by atoms with Crippen molar-refractivity contribution in [1.29, 1.82) is 0 Å². The smallest absolute Gasteiger partial charge is 0.273 e. The molecule has 0 unspecified atom stereocenters. The van der Waals surface area contributed by atoms with E-state index in [4.69, 9.17) is 9.98 Å². The number of hydrogen-bond acceptors (Lipinski definition) is 8. The van der Waals surface area contributed by atoms with Gasteiger partial charge in [0.05, 0.1) is 11.0 Å². The Bertz CT molecular complexity index is 897. The quantitative estimate of drug-likeness (QED) is 0.591. The number of aliphatic hydroxyl groups is 1. The third kappa shape index (κ3) is 6.31. The van der Waals surface area contributed by atoms with Crippen molar-refractivity contribution in [3.63, 3.8) is 0 Å². The van der Waals surface area contributed by atoms with Gasteiger partial charge in [-0.1, -0.05) is 24.7 Å². The Morgan fingerprint density at radius 3 is 2.78 bits per heavy atom. The van der Waals surface area contributed by atoms with Crippen molar-refractivity contribution in [1.82, 2.24) is 19.8 Å². The van der Waals surface area contributed by atoms with Gasteiger partial charge in [0.25, 0.3) is 5.01 Å². The SMILES string of the molecule is CCCCNc1ncc(-c2[nH+]cc(CN3CCN(C)CC3)s2)c(N=C2CCC(O)CC2)n1. The van der Waals surface area contributed by atoms with Crippen molar-refractivity contribution in [3.05, 3.63) is 17.3 Å². The number of piperazine rings is 1. The predicted molar refractivity (Wildman–Crippen MR) is 130 cm³/mol. The third-order valence-electron chi connectivity index (χ3n) is 6.20. The van der Waals surface area contributed by atoms with Gasteiger partial charge in [-0.3, -0.25) is 4.90 Å². The molecule has 1 saturated heterocycles. The molecule has 9 heteroatoms. The van der Waals surface area contributed by atoms with E-state index < -0.39 is 0 Å². The first kappa shape index (κ1) is 23.2. The maximum atomic E-state index is 9.84. The van der Waals surface area contributed by atoms with Crippen LogP contribution in [0.5, 0.6) is 0 Å². The lowest BCUT2D eigenvalue weighted by Crippen LogP contribution is -2.43. The summed E-state index contributed by atoms with van der Waals surface area (Å²) in [4.78, 5) is 23.9. The molecule has 0 amide bonds. The molecule has 3 N–H and O–H groups in total. The molecule has 3 heterocycles. The van der Waals surface area contributed by atoms with Crippen LogP contribution in [0.1, 0.15) is 50.3 Å².